The van der Waals surface area contributed by atoms with Crippen LogP contribution in [0.3, 0.4) is 0 Å². The number of aliphatic carboxylic acids is 1. The fourth-order valence-corrected chi connectivity index (χ4v) is 3.32. The summed E-state index contributed by atoms with van der Waals surface area (Å²) in [6.45, 7) is 4.43. The van der Waals surface area contributed by atoms with Gasteiger partial charge in [0.25, 0.3) is 0 Å². The third-order valence-electron chi connectivity index (χ3n) is 5.26. The molecule has 6 nitrogen and oxygen atoms in total. The number of aromatic nitrogens is 2. The van der Waals surface area contributed by atoms with Crippen LogP contribution in [0.1, 0.15) is 32.3 Å². The van der Waals surface area contributed by atoms with E-state index in [-0.39, 0.29) is 6.61 Å². The molecule has 3 rings (SSSR count). The molecule has 6 heteroatoms. The maximum absolute atomic E-state index is 11.2. The molecule has 0 unspecified atom stereocenters. The van der Waals surface area contributed by atoms with Crippen molar-refractivity contribution in [3.05, 3.63) is 54.4 Å². The fourth-order valence-electron chi connectivity index (χ4n) is 3.32. The molecule has 160 valence electrons. The number of benzene rings is 2. The molecular weight excluding hydrogens is 378 g/mol. The Hall–Kier alpha value is -3.02. The van der Waals surface area contributed by atoms with Gasteiger partial charge in [0.15, 0.2) is 0 Å². The molecule has 30 heavy (non-hydrogen) atoms. The highest BCUT2D eigenvalue weighted by atomic mass is 16.5. The number of carboxylic acid groups (broad SMARTS) is 1. The van der Waals surface area contributed by atoms with E-state index < -0.39 is 11.4 Å². The summed E-state index contributed by atoms with van der Waals surface area (Å²) in [6.07, 6.45) is 7.12. The van der Waals surface area contributed by atoms with Crippen molar-refractivity contribution in [3.8, 4) is 5.75 Å². The molecule has 3 aromatic rings. The van der Waals surface area contributed by atoms with Gasteiger partial charge < -0.3 is 19.3 Å². The van der Waals surface area contributed by atoms with E-state index in [9.17, 15) is 9.90 Å². The molecule has 0 atom stereocenters. The second-order valence-corrected chi connectivity index (χ2v) is 8.59. The molecular formula is C24H31N3O3. The number of unbranched alkanes of at least 4 members (excludes halogenated alkanes) is 1. The van der Waals surface area contributed by atoms with Crippen LogP contribution in [0.25, 0.3) is 10.8 Å². The number of fused-ring (bicyclic) bond motifs is 1. The van der Waals surface area contributed by atoms with Crippen molar-refractivity contribution in [3.63, 3.8) is 0 Å². The molecule has 1 heterocycles. The minimum absolute atomic E-state index is 0.137. The minimum Gasteiger partial charge on any atom is -0.492 e. The number of rotatable bonds is 10. The standard InChI is InChI=1S/C24H31N3O3/c1-24(2,22(28)29)17-30-21-11-10-19-15-18(8-9-20(19)16-21)7-5-6-13-27-14-12-25-23(27)26(3)4/h8-12,14-16H,5-7,13,17H2,1-4H3,(H,28,29). The number of hydrogen-bond acceptors (Lipinski definition) is 4. The lowest BCUT2D eigenvalue weighted by Gasteiger charge is -2.19. The summed E-state index contributed by atoms with van der Waals surface area (Å²) in [5, 5.41) is 11.5. The van der Waals surface area contributed by atoms with Crippen LogP contribution in [-0.4, -0.2) is 41.3 Å². The summed E-state index contributed by atoms with van der Waals surface area (Å²) < 4.78 is 7.91. The molecule has 1 N–H and O–H groups in total. The van der Waals surface area contributed by atoms with Crippen LogP contribution in [0.2, 0.25) is 0 Å². The number of nitrogens with zero attached hydrogens (tertiary/aromatic N) is 3. The van der Waals surface area contributed by atoms with Gasteiger partial charge in [0, 0.05) is 33.0 Å². The monoisotopic (exact) mass is 409 g/mol. The number of carboxylic acids is 1. The van der Waals surface area contributed by atoms with Gasteiger partial charge in [0.1, 0.15) is 12.4 Å². The zero-order valence-electron chi connectivity index (χ0n) is 18.3. The first-order valence-corrected chi connectivity index (χ1v) is 10.3. The Labute approximate surface area is 178 Å². The molecule has 0 saturated heterocycles. The van der Waals surface area contributed by atoms with Gasteiger partial charge in [-0.05, 0) is 61.6 Å². The van der Waals surface area contributed by atoms with Gasteiger partial charge in [-0.25, -0.2) is 4.98 Å². The van der Waals surface area contributed by atoms with E-state index in [1.807, 2.05) is 49.6 Å². The Morgan fingerprint density at radius 1 is 1.13 bits per heavy atom. The van der Waals surface area contributed by atoms with Crippen LogP contribution in [0, 0.1) is 5.41 Å². The van der Waals surface area contributed by atoms with Crippen LogP contribution >= 0.6 is 0 Å². The number of ether oxygens (including phenoxy) is 1. The lowest BCUT2D eigenvalue weighted by Crippen LogP contribution is -2.30. The van der Waals surface area contributed by atoms with E-state index in [4.69, 9.17) is 4.74 Å². The summed E-state index contributed by atoms with van der Waals surface area (Å²) in [7, 11) is 4.02. The molecule has 0 spiro atoms. The van der Waals surface area contributed by atoms with Crippen molar-refractivity contribution in [2.75, 3.05) is 25.6 Å². The van der Waals surface area contributed by atoms with Crippen LogP contribution in [0.15, 0.2) is 48.8 Å². The first-order chi connectivity index (χ1) is 14.3. The summed E-state index contributed by atoms with van der Waals surface area (Å²) in [5.74, 6) is 0.825. The van der Waals surface area contributed by atoms with Crippen molar-refractivity contribution in [1.29, 1.82) is 0 Å². The Bertz CT molecular complexity index is 1010. The Kier molecular flexibility index (Phi) is 6.65. The number of hydrogen-bond donors (Lipinski definition) is 1. The molecule has 1 aromatic heterocycles. The van der Waals surface area contributed by atoms with Gasteiger partial charge in [-0.15, -0.1) is 0 Å². The quantitative estimate of drug-likeness (QED) is 0.495. The SMILES string of the molecule is CN(C)c1nccn1CCCCc1ccc2cc(OCC(C)(C)C(=O)O)ccc2c1. The van der Waals surface area contributed by atoms with E-state index in [1.54, 1.807) is 13.8 Å². The van der Waals surface area contributed by atoms with Gasteiger partial charge >= 0.3 is 5.97 Å². The number of aryl methyl sites for hydroxylation is 2. The van der Waals surface area contributed by atoms with E-state index >= 15 is 0 Å². The maximum Gasteiger partial charge on any atom is 0.312 e. The third-order valence-corrected chi connectivity index (χ3v) is 5.26. The Balaban J connectivity index is 1.55. The molecule has 0 fully saturated rings. The first kappa shape index (κ1) is 21.7. The maximum atomic E-state index is 11.2. The largest absolute Gasteiger partial charge is 0.492 e. The third kappa shape index (κ3) is 5.32. The second kappa shape index (κ2) is 9.20. The highest BCUT2D eigenvalue weighted by Crippen LogP contribution is 2.25. The summed E-state index contributed by atoms with van der Waals surface area (Å²) in [4.78, 5) is 17.6. The molecule has 0 saturated carbocycles. The zero-order valence-corrected chi connectivity index (χ0v) is 18.3. The van der Waals surface area contributed by atoms with Crippen LogP contribution < -0.4 is 9.64 Å². The normalized spacial score (nSPS) is 11.6. The molecule has 2 aromatic carbocycles. The van der Waals surface area contributed by atoms with Crippen LogP contribution in [0.5, 0.6) is 5.75 Å². The first-order valence-electron chi connectivity index (χ1n) is 10.3. The van der Waals surface area contributed by atoms with Crippen LogP contribution in [-0.2, 0) is 17.8 Å². The second-order valence-electron chi connectivity index (χ2n) is 8.59. The smallest absolute Gasteiger partial charge is 0.312 e. The lowest BCUT2D eigenvalue weighted by atomic mass is 9.95. The van der Waals surface area contributed by atoms with Gasteiger partial charge in [-0.1, -0.05) is 24.3 Å². The van der Waals surface area contributed by atoms with E-state index in [2.05, 4.69) is 27.8 Å². The van der Waals surface area contributed by atoms with Gasteiger partial charge in [0.2, 0.25) is 5.95 Å². The Morgan fingerprint density at radius 2 is 1.87 bits per heavy atom. The van der Waals surface area contributed by atoms with Crippen LogP contribution in [0.4, 0.5) is 5.95 Å². The fraction of sp³-hybridized carbons (Fsp3) is 0.417. The van der Waals surface area contributed by atoms with E-state index in [1.165, 1.54) is 10.9 Å². The molecule has 0 aliphatic carbocycles. The minimum atomic E-state index is -0.914. The molecule has 0 bridgehead atoms. The highest BCUT2D eigenvalue weighted by molar-refractivity contribution is 5.84. The van der Waals surface area contributed by atoms with Crippen molar-refractivity contribution in [2.24, 2.45) is 5.41 Å². The summed E-state index contributed by atoms with van der Waals surface area (Å²) >= 11 is 0. The lowest BCUT2D eigenvalue weighted by molar-refractivity contribution is -0.148. The average molecular weight is 410 g/mol. The van der Waals surface area contributed by atoms with Crippen molar-refractivity contribution in [1.82, 2.24) is 9.55 Å². The molecule has 0 aliphatic rings. The van der Waals surface area contributed by atoms with Crippen molar-refractivity contribution >= 4 is 22.7 Å². The summed E-state index contributed by atoms with van der Waals surface area (Å²) in [6, 6.07) is 12.4. The van der Waals surface area contributed by atoms with Gasteiger partial charge in [0.05, 0.1) is 5.41 Å². The zero-order chi connectivity index (χ0) is 21.7. The van der Waals surface area contributed by atoms with Gasteiger partial charge in [-0.3, -0.25) is 4.79 Å². The van der Waals surface area contributed by atoms with E-state index in [0.29, 0.717) is 5.75 Å². The van der Waals surface area contributed by atoms with Crippen molar-refractivity contribution in [2.45, 2.75) is 39.7 Å². The highest BCUT2D eigenvalue weighted by Gasteiger charge is 2.28. The predicted molar refractivity (Wildman–Crippen MR) is 120 cm³/mol. The molecule has 0 amide bonds. The topological polar surface area (TPSA) is 67.6 Å². The number of carbonyl (C=O) groups is 1. The predicted octanol–water partition coefficient (Wildman–Crippen LogP) is 4.61. The number of anilines is 1. The average Bonchev–Trinajstić information content (AvgIpc) is 3.18. The molecule has 0 aliphatic heterocycles. The summed E-state index contributed by atoms with van der Waals surface area (Å²) in [5.41, 5.74) is 0.407. The Morgan fingerprint density at radius 3 is 2.60 bits per heavy atom. The van der Waals surface area contributed by atoms with Crippen molar-refractivity contribution < 1.29 is 14.6 Å². The molecule has 0 radical (unpaired) electrons. The number of imidazole rings is 1. The van der Waals surface area contributed by atoms with E-state index in [0.717, 1.165) is 37.1 Å². The van der Waals surface area contributed by atoms with Gasteiger partial charge in [-0.2, -0.15) is 0 Å².